The van der Waals surface area contributed by atoms with Gasteiger partial charge in [0.25, 0.3) is 0 Å². The molecule has 1 aliphatic heterocycles. The van der Waals surface area contributed by atoms with Crippen LogP contribution in [-0.4, -0.2) is 45.5 Å². The second-order valence-electron chi connectivity index (χ2n) is 6.16. The van der Waals surface area contributed by atoms with Crippen LogP contribution in [0, 0.1) is 0 Å². The number of halogens is 1. The molecule has 6 nitrogen and oxygen atoms in total. The standard InChI is InChI=1S/C18H21BrN2O4S2/c1-2-25-18(22)13-3-4-17(15(19)11-13)27(23,24)20-7-9-21-8-5-16-14(12-21)6-10-26-16/h3-4,6,10-11,20H,2,5,7-9,12H2,1H3. The number of sulfonamides is 1. The third-order valence-corrected chi connectivity index (χ3v) is 7.80. The molecule has 146 valence electrons. The number of hydrogen-bond donors (Lipinski definition) is 1. The zero-order valence-corrected chi connectivity index (χ0v) is 18.1. The van der Waals surface area contributed by atoms with Crippen LogP contribution < -0.4 is 4.72 Å². The van der Waals surface area contributed by atoms with Gasteiger partial charge in [0.15, 0.2) is 0 Å². The van der Waals surface area contributed by atoms with E-state index in [1.807, 2.05) is 0 Å². The summed E-state index contributed by atoms with van der Waals surface area (Å²) >= 11 is 5.03. The lowest BCUT2D eigenvalue weighted by Gasteiger charge is -2.26. The Labute approximate surface area is 171 Å². The van der Waals surface area contributed by atoms with Crippen LogP contribution in [0.5, 0.6) is 0 Å². The van der Waals surface area contributed by atoms with Crippen molar-refractivity contribution in [2.24, 2.45) is 0 Å². The van der Waals surface area contributed by atoms with Crippen molar-refractivity contribution in [2.75, 3.05) is 26.2 Å². The smallest absolute Gasteiger partial charge is 0.338 e. The van der Waals surface area contributed by atoms with E-state index in [4.69, 9.17) is 4.74 Å². The van der Waals surface area contributed by atoms with Gasteiger partial charge in [0.05, 0.1) is 17.1 Å². The van der Waals surface area contributed by atoms with Crippen LogP contribution in [0.3, 0.4) is 0 Å². The maximum absolute atomic E-state index is 12.6. The van der Waals surface area contributed by atoms with Crippen LogP contribution in [-0.2, 0) is 27.7 Å². The summed E-state index contributed by atoms with van der Waals surface area (Å²) in [6.45, 7) is 4.76. The number of carbonyl (C=O) groups excluding carboxylic acids is 1. The predicted molar refractivity (Wildman–Crippen MR) is 109 cm³/mol. The first-order valence-corrected chi connectivity index (χ1v) is 11.8. The molecule has 0 aliphatic carbocycles. The van der Waals surface area contributed by atoms with Gasteiger partial charge in [-0.25, -0.2) is 17.9 Å². The van der Waals surface area contributed by atoms with Crippen LogP contribution in [0.2, 0.25) is 0 Å². The zero-order valence-electron chi connectivity index (χ0n) is 14.9. The van der Waals surface area contributed by atoms with Crippen LogP contribution >= 0.6 is 27.3 Å². The fourth-order valence-electron chi connectivity index (χ4n) is 2.97. The minimum Gasteiger partial charge on any atom is -0.462 e. The highest BCUT2D eigenvalue weighted by Crippen LogP contribution is 2.25. The molecule has 2 heterocycles. The first kappa shape index (κ1) is 20.5. The van der Waals surface area contributed by atoms with Gasteiger partial charge in [-0.2, -0.15) is 0 Å². The molecule has 1 aromatic heterocycles. The van der Waals surface area contributed by atoms with Crippen LogP contribution in [0.4, 0.5) is 0 Å². The molecule has 9 heteroatoms. The molecule has 1 aromatic carbocycles. The van der Waals surface area contributed by atoms with Crippen molar-refractivity contribution in [1.82, 2.24) is 9.62 Å². The van der Waals surface area contributed by atoms with Crippen molar-refractivity contribution in [3.05, 3.63) is 50.1 Å². The number of thiophene rings is 1. The largest absolute Gasteiger partial charge is 0.462 e. The quantitative estimate of drug-likeness (QED) is 0.626. The van der Waals surface area contributed by atoms with Crippen molar-refractivity contribution in [2.45, 2.75) is 24.8 Å². The summed E-state index contributed by atoms with van der Waals surface area (Å²) in [5.74, 6) is -0.479. The average Bonchev–Trinajstić information content (AvgIpc) is 3.09. The number of benzene rings is 1. The first-order valence-electron chi connectivity index (χ1n) is 8.64. The summed E-state index contributed by atoms with van der Waals surface area (Å²) in [4.78, 5) is 15.5. The SMILES string of the molecule is CCOC(=O)c1ccc(S(=O)(=O)NCCN2CCc3sccc3C2)c(Br)c1. The summed E-state index contributed by atoms with van der Waals surface area (Å²) in [5, 5.41) is 2.11. The van der Waals surface area contributed by atoms with Gasteiger partial charge in [-0.3, -0.25) is 4.90 Å². The highest BCUT2D eigenvalue weighted by Gasteiger charge is 2.21. The van der Waals surface area contributed by atoms with E-state index in [0.29, 0.717) is 23.1 Å². The van der Waals surface area contributed by atoms with Gasteiger partial charge in [-0.05, 0) is 64.5 Å². The van der Waals surface area contributed by atoms with Gasteiger partial charge in [0.2, 0.25) is 10.0 Å². The van der Waals surface area contributed by atoms with E-state index in [-0.39, 0.29) is 11.5 Å². The Morgan fingerprint density at radius 3 is 2.93 bits per heavy atom. The molecule has 27 heavy (non-hydrogen) atoms. The third kappa shape index (κ3) is 4.97. The Kier molecular flexibility index (Phi) is 6.69. The number of fused-ring (bicyclic) bond motifs is 1. The lowest BCUT2D eigenvalue weighted by Crippen LogP contribution is -2.37. The second kappa shape index (κ2) is 8.83. The monoisotopic (exact) mass is 472 g/mol. The fourth-order valence-corrected chi connectivity index (χ4v) is 5.96. The molecule has 1 N–H and O–H groups in total. The second-order valence-corrected chi connectivity index (χ2v) is 9.75. The maximum Gasteiger partial charge on any atom is 0.338 e. The summed E-state index contributed by atoms with van der Waals surface area (Å²) < 4.78 is 33.1. The van der Waals surface area contributed by atoms with E-state index >= 15 is 0 Å². The number of nitrogens with one attached hydrogen (secondary N) is 1. The lowest BCUT2D eigenvalue weighted by molar-refractivity contribution is 0.0526. The molecule has 0 fully saturated rings. The van der Waals surface area contributed by atoms with Gasteiger partial charge in [-0.15, -0.1) is 11.3 Å². The lowest BCUT2D eigenvalue weighted by atomic mass is 10.1. The Balaban J connectivity index is 1.59. The molecular weight excluding hydrogens is 452 g/mol. The normalized spacial score (nSPS) is 14.7. The summed E-state index contributed by atoms with van der Waals surface area (Å²) in [7, 11) is -3.67. The number of nitrogens with zero attached hydrogens (tertiary/aromatic N) is 1. The molecule has 0 atom stereocenters. The van der Waals surface area contributed by atoms with E-state index < -0.39 is 16.0 Å². The van der Waals surface area contributed by atoms with Crippen molar-refractivity contribution in [3.8, 4) is 0 Å². The molecule has 0 spiro atoms. The Morgan fingerprint density at radius 2 is 2.19 bits per heavy atom. The molecule has 0 amide bonds. The molecule has 0 unspecified atom stereocenters. The third-order valence-electron chi connectivity index (χ3n) is 4.34. The van der Waals surface area contributed by atoms with Crippen molar-refractivity contribution in [3.63, 3.8) is 0 Å². The van der Waals surface area contributed by atoms with Crippen molar-refractivity contribution >= 4 is 43.3 Å². The van der Waals surface area contributed by atoms with E-state index in [2.05, 4.69) is 37.0 Å². The minimum atomic E-state index is -3.67. The maximum atomic E-state index is 12.6. The van der Waals surface area contributed by atoms with Crippen molar-refractivity contribution in [1.29, 1.82) is 0 Å². The van der Waals surface area contributed by atoms with Gasteiger partial charge in [0.1, 0.15) is 0 Å². The van der Waals surface area contributed by atoms with E-state index in [1.165, 1.54) is 28.6 Å². The van der Waals surface area contributed by atoms with Crippen LogP contribution in [0.1, 0.15) is 27.7 Å². The average molecular weight is 473 g/mol. The number of carbonyl (C=O) groups is 1. The van der Waals surface area contributed by atoms with Crippen molar-refractivity contribution < 1.29 is 17.9 Å². The van der Waals surface area contributed by atoms with Gasteiger partial charge >= 0.3 is 5.97 Å². The number of esters is 1. The molecule has 0 saturated carbocycles. The predicted octanol–water partition coefficient (Wildman–Crippen LogP) is 3.02. The minimum absolute atomic E-state index is 0.106. The Morgan fingerprint density at radius 1 is 1.37 bits per heavy atom. The van der Waals surface area contributed by atoms with E-state index in [0.717, 1.165) is 19.5 Å². The summed E-state index contributed by atoms with van der Waals surface area (Å²) in [5.41, 5.74) is 1.65. The van der Waals surface area contributed by atoms with Gasteiger partial charge < -0.3 is 4.74 Å². The summed E-state index contributed by atoms with van der Waals surface area (Å²) in [6, 6.07) is 6.48. The number of rotatable bonds is 7. The highest BCUT2D eigenvalue weighted by atomic mass is 79.9. The molecule has 0 bridgehead atoms. The van der Waals surface area contributed by atoms with Crippen LogP contribution in [0.25, 0.3) is 0 Å². The summed E-state index contributed by atoms with van der Waals surface area (Å²) in [6.07, 6.45) is 1.01. The molecule has 3 rings (SSSR count). The molecule has 0 saturated heterocycles. The Bertz CT molecular complexity index is 927. The van der Waals surface area contributed by atoms with Crippen LogP contribution in [0.15, 0.2) is 39.0 Å². The molecule has 0 radical (unpaired) electrons. The molecule has 2 aromatic rings. The topological polar surface area (TPSA) is 75.7 Å². The van der Waals surface area contributed by atoms with E-state index in [9.17, 15) is 13.2 Å². The first-order chi connectivity index (χ1) is 12.9. The highest BCUT2D eigenvalue weighted by molar-refractivity contribution is 9.10. The number of hydrogen-bond acceptors (Lipinski definition) is 6. The Hall–Kier alpha value is -1.26. The zero-order chi connectivity index (χ0) is 19.4. The van der Waals surface area contributed by atoms with Gasteiger partial charge in [0, 0.05) is 35.5 Å². The van der Waals surface area contributed by atoms with Gasteiger partial charge in [-0.1, -0.05) is 0 Å². The number of ether oxygens (including phenoxy) is 1. The van der Waals surface area contributed by atoms with E-state index in [1.54, 1.807) is 18.3 Å². The molecule has 1 aliphatic rings. The fraction of sp³-hybridized carbons (Fsp3) is 0.389. The molecular formula is C18H21BrN2O4S2.